The van der Waals surface area contributed by atoms with Gasteiger partial charge in [0, 0.05) is 24.4 Å². The molecule has 1 atom stereocenters. The maximum absolute atomic E-state index is 14.6. The predicted molar refractivity (Wildman–Crippen MR) is 91.6 cm³/mol. The molecule has 2 rings (SSSR count). The maximum atomic E-state index is 14.6. The van der Waals surface area contributed by atoms with Crippen LogP contribution in [-0.4, -0.2) is 10.4 Å². The van der Waals surface area contributed by atoms with Gasteiger partial charge >= 0.3 is 0 Å². The number of Topliss-reactive ketones (excluding diaryl/α,β-unsaturated/α-hetero) is 1. The molecule has 0 aliphatic heterocycles. The van der Waals surface area contributed by atoms with Gasteiger partial charge in [-0.05, 0) is 25.0 Å². The lowest BCUT2D eigenvalue weighted by Gasteiger charge is -2.22. The van der Waals surface area contributed by atoms with Gasteiger partial charge in [0.05, 0.1) is 11.3 Å². The van der Waals surface area contributed by atoms with Crippen molar-refractivity contribution in [3.8, 4) is 0 Å². The van der Waals surface area contributed by atoms with Crippen LogP contribution in [0.5, 0.6) is 0 Å². The van der Waals surface area contributed by atoms with Crippen LogP contribution >= 0.6 is 11.6 Å². The number of hydrogen-bond acceptors (Lipinski definition) is 2. The van der Waals surface area contributed by atoms with Gasteiger partial charge in [0.1, 0.15) is 16.7 Å². The van der Waals surface area contributed by atoms with Crippen LogP contribution in [0.1, 0.15) is 50.2 Å². The minimum Gasteiger partial charge on any atom is -0.306 e. The van der Waals surface area contributed by atoms with E-state index in [2.05, 4.69) is 0 Å². The zero-order valence-corrected chi connectivity index (χ0v) is 14.9. The van der Waals surface area contributed by atoms with Gasteiger partial charge in [-0.25, -0.2) is 8.78 Å². The quantitative estimate of drug-likeness (QED) is 0.718. The van der Waals surface area contributed by atoms with E-state index >= 15 is 0 Å². The van der Waals surface area contributed by atoms with Crippen LogP contribution < -0.4 is 5.56 Å². The molecule has 0 spiro atoms. The lowest BCUT2D eigenvalue weighted by atomic mass is 9.89. The van der Waals surface area contributed by atoms with E-state index < -0.39 is 23.1 Å². The number of halogens is 3. The van der Waals surface area contributed by atoms with Gasteiger partial charge in [-0.3, -0.25) is 9.59 Å². The van der Waals surface area contributed by atoms with Crippen LogP contribution in [0, 0.1) is 11.8 Å². The van der Waals surface area contributed by atoms with Crippen molar-refractivity contribution >= 4 is 23.0 Å². The third-order valence-electron chi connectivity index (χ3n) is 4.03. The monoisotopic (exact) mass is 355 g/mol. The summed E-state index contributed by atoms with van der Waals surface area (Å²) in [5, 5.41) is -0.140. The fourth-order valence-corrected chi connectivity index (χ4v) is 3.06. The van der Waals surface area contributed by atoms with E-state index in [1.165, 1.54) is 12.1 Å². The second kappa shape index (κ2) is 7.01. The average Bonchev–Trinajstić information content (AvgIpc) is 2.48. The summed E-state index contributed by atoms with van der Waals surface area (Å²) in [7, 11) is 0. The van der Waals surface area contributed by atoms with Gasteiger partial charge < -0.3 is 4.57 Å². The van der Waals surface area contributed by atoms with E-state index in [1.807, 2.05) is 0 Å². The van der Waals surface area contributed by atoms with Crippen LogP contribution in [0.3, 0.4) is 0 Å². The van der Waals surface area contributed by atoms with Crippen molar-refractivity contribution in [1.82, 2.24) is 4.57 Å². The molecule has 1 aromatic heterocycles. The van der Waals surface area contributed by atoms with Crippen LogP contribution in [0.15, 0.2) is 28.6 Å². The van der Waals surface area contributed by atoms with Crippen molar-refractivity contribution in [3.63, 3.8) is 0 Å². The highest BCUT2D eigenvalue weighted by Crippen LogP contribution is 2.38. The Balaban J connectivity index is 2.89. The van der Waals surface area contributed by atoms with Gasteiger partial charge in [-0.1, -0.05) is 32.4 Å². The van der Waals surface area contributed by atoms with Crippen molar-refractivity contribution in [3.05, 3.63) is 50.4 Å². The predicted octanol–water partition coefficient (Wildman–Crippen LogP) is 4.93. The molecule has 1 aromatic rings. The summed E-state index contributed by atoms with van der Waals surface area (Å²) < 4.78 is 30.3. The van der Waals surface area contributed by atoms with Gasteiger partial charge in [0.15, 0.2) is 5.78 Å². The summed E-state index contributed by atoms with van der Waals surface area (Å²) in [4.78, 5) is 24.9. The first-order valence-corrected chi connectivity index (χ1v) is 8.31. The van der Waals surface area contributed by atoms with Gasteiger partial charge in [-0.15, -0.1) is 0 Å². The first-order valence-electron chi connectivity index (χ1n) is 7.93. The molecular weight excluding hydrogens is 336 g/mol. The summed E-state index contributed by atoms with van der Waals surface area (Å²) >= 11 is 5.95. The van der Waals surface area contributed by atoms with Gasteiger partial charge in [-0.2, -0.15) is 0 Å². The average molecular weight is 356 g/mol. The molecule has 130 valence electrons. The number of nitrogens with zero attached hydrogens (tertiary/aromatic N) is 1. The molecule has 3 nitrogen and oxygen atoms in total. The Labute approximate surface area is 144 Å². The molecule has 1 aliphatic carbocycles. The van der Waals surface area contributed by atoms with Crippen molar-refractivity contribution in [2.24, 2.45) is 11.8 Å². The molecule has 1 aliphatic rings. The van der Waals surface area contributed by atoms with Crippen molar-refractivity contribution in [1.29, 1.82) is 0 Å². The molecule has 24 heavy (non-hydrogen) atoms. The number of rotatable bonds is 4. The molecule has 0 bridgehead atoms. The summed E-state index contributed by atoms with van der Waals surface area (Å²) in [5.41, 5.74) is -0.836. The van der Waals surface area contributed by atoms with Crippen molar-refractivity contribution in [2.45, 2.75) is 40.7 Å². The number of pyridine rings is 1. The minimum atomic E-state index is -0.757. The summed E-state index contributed by atoms with van der Waals surface area (Å²) in [6.45, 7) is 6.87. The van der Waals surface area contributed by atoms with Crippen LogP contribution in [0.2, 0.25) is 5.02 Å². The first-order chi connectivity index (χ1) is 11.2. The van der Waals surface area contributed by atoms with Crippen LogP contribution in [0.4, 0.5) is 8.78 Å². The minimum absolute atomic E-state index is 0.0243. The fraction of sp³-hybridized carbons (Fsp3) is 0.444. The molecule has 1 heterocycles. The zero-order chi connectivity index (χ0) is 18.2. The second-order valence-corrected chi connectivity index (χ2v) is 6.71. The summed E-state index contributed by atoms with van der Waals surface area (Å²) in [5.74, 6) is -2.43. The SMILES string of the molecule is CCn1c(C2=C(F)CC(C)C=C2F)c(C(=O)C(C)C)cc(Cl)c1=O. The highest BCUT2D eigenvalue weighted by Gasteiger charge is 2.29. The van der Waals surface area contributed by atoms with E-state index in [0.29, 0.717) is 0 Å². The van der Waals surface area contributed by atoms with Crippen LogP contribution in [0.25, 0.3) is 5.57 Å². The molecule has 6 heteroatoms. The Morgan fingerprint density at radius 2 is 2.04 bits per heavy atom. The Kier molecular flexibility index (Phi) is 5.43. The molecule has 0 radical (unpaired) electrons. The molecule has 0 aromatic carbocycles. The lowest BCUT2D eigenvalue weighted by molar-refractivity contribution is 0.0938. The second-order valence-electron chi connectivity index (χ2n) is 6.30. The Hall–Kier alpha value is -1.75. The standard InChI is InChI=1S/C18H20ClF2NO2/c1-5-22-16(15-13(20)6-10(4)7-14(15)21)11(17(23)9(2)3)8-12(19)18(22)24/h6,8-10H,5,7H2,1-4H3. The van der Waals surface area contributed by atoms with E-state index in [4.69, 9.17) is 11.6 Å². The molecule has 0 saturated heterocycles. The van der Waals surface area contributed by atoms with E-state index in [0.717, 1.165) is 4.57 Å². The van der Waals surface area contributed by atoms with E-state index in [-0.39, 0.29) is 46.5 Å². The third kappa shape index (κ3) is 3.22. The first kappa shape index (κ1) is 18.6. The third-order valence-corrected chi connectivity index (χ3v) is 4.30. The lowest BCUT2D eigenvalue weighted by Crippen LogP contribution is -2.28. The van der Waals surface area contributed by atoms with E-state index in [9.17, 15) is 18.4 Å². The largest absolute Gasteiger partial charge is 0.306 e. The molecule has 0 amide bonds. The Bertz CT molecular complexity index is 806. The molecule has 0 saturated carbocycles. The van der Waals surface area contributed by atoms with Crippen molar-refractivity contribution in [2.75, 3.05) is 0 Å². The highest BCUT2D eigenvalue weighted by atomic mass is 35.5. The summed E-state index contributed by atoms with van der Waals surface area (Å²) in [6.07, 6.45) is 1.33. The topological polar surface area (TPSA) is 39.1 Å². The molecular formula is C18H20ClF2NO2. The Morgan fingerprint density at radius 1 is 1.42 bits per heavy atom. The zero-order valence-electron chi connectivity index (χ0n) is 14.1. The molecule has 0 fully saturated rings. The fourth-order valence-electron chi connectivity index (χ4n) is 2.85. The Morgan fingerprint density at radius 3 is 2.54 bits per heavy atom. The molecule has 0 N–H and O–H groups in total. The number of carbonyl (C=O) groups is 1. The number of carbonyl (C=O) groups excluding carboxylic acids is 1. The van der Waals surface area contributed by atoms with E-state index in [1.54, 1.807) is 27.7 Å². The molecule has 1 unspecified atom stereocenters. The highest BCUT2D eigenvalue weighted by molar-refractivity contribution is 6.31. The number of allylic oxidation sites excluding steroid dienone is 4. The van der Waals surface area contributed by atoms with Gasteiger partial charge in [0.25, 0.3) is 5.56 Å². The summed E-state index contributed by atoms with van der Waals surface area (Å²) in [6, 6.07) is 1.22. The smallest absolute Gasteiger partial charge is 0.269 e. The van der Waals surface area contributed by atoms with Gasteiger partial charge in [0.2, 0.25) is 0 Å². The number of hydrogen-bond donors (Lipinski definition) is 0. The number of ketones is 1. The maximum Gasteiger partial charge on any atom is 0.269 e. The normalized spacial score (nSPS) is 18.2. The van der Waals surface area contributed by atoms with Crippen molar-refractivity contribution < 1.29 is 13.6 Å². The van der Waals surface area contributed by atoms with Crippen LogP contribution in [-0.2, 0) is 6.54 Å². The number of aromatic nitrogens is 1.